The normalized spacial score (nSPS) is 13.3. The molecule has 4 heteroatoms. The van der Waals surface area contributed by atoms with E-state index in [0.29, 0.717) is 0 Å². The van der Waals surface area contributed by atoms with Gasteiger partial charge in [0.15, 0.2) is 23.0 Å². The van der Waals surface area contributed by atoms with Crippen molar-refractivity contribution in [1.82, 2.24) is 0 Å². The smallest absolute Gasteiger partial charge is 0.177 e. The Morgan fingerprint density at radius 1 is 0.455 bits per heavy atom. The summed E-state index contributed by atoms with van der Waals surface area (Å²) in [6.45, 7) is 4.58. The second kappa shape index (κ2) is 12.2. The molecule has 55 heavy (non-hydrogen) atoms. The van der Waals surface area contributed by atoms with E-state index in [2.05, 4.69) is 189 Å². The first-order chi connectivity index (χ1) is 27.0. The Hall–Kier alpha value is -6.62. The summed E-state index contributed by atoms with van der Waals surface area (Å²) in [4.78, 5) is 2.39. The molecule has 1 aliphatic carbocycles. The predicted molar refractivity (Wildman–Crippen MR) is 229 cm³/mol. The molecule has 8 aromatic carbocycles. The molecule has 11 rings (SSSR count). The topological polar surface area (TPSA) is 21.7 Å². The fourth-order valence-corrected chi connectivity index (χ4v) is 9.81. The van der Waals surface area contributed by atoms with Crippen LogP contribution in [-0.2, 0) is 5.41 Å². The van der Waals surface area contributed by atoms with Crippen molar-refractivity contribution < 1.29 is 9.47 Å². The first-order valence-corrected chi connectivity index (χ1v) is 19.6. The van der Waals surface area contributed by atoms with Crippen molar-refractivity contribution in [2.24, 2.45) is 0 Å². The molecule has 0 fully saturated rings. The maximum atomic E-state index is 6.81. The van der Waals surface area contributed by atoms with Crippen molar-refractivity contribution in [3.05, 3.63) is 187 Å². The van der Waals surface area contributed by atoms with E-state index in [1.165, 1.54) is 53.6 Å². The Morgan fingerprint density at radius 2 is 1.16 bits per heavy atom. The highest BCUT2D eigenvalue weighted by Crippen LogP contribution is 2.56. The molecular weight excluding hydrogens is 691 g/mol. The number of para-hydroxylation sites is 2. The molecule has 2 heterocycles. The molecule has 0 N–H and O–H groups in total. The lowest BCUT2D eigenvalue weighted by atomic mass is 9.82. The molecule has 1 aliphatic heterocycles. The van der Waals surface area contributed by atoms with E-state index in [1.54, 1.807) is 0 Å². The van der Waals surface area contributed by atoms with Crippen molar-refractivity contribution in [2.45, 2.75) is 19.3 Å². The Kier molecular flexibility index (Phi) is 7.07. The van der Waals surface area contributed by atoms with E-state index in [1.807, 2.05) is 17.4 Å². The second-order valence-corrected chi connectivity index (χ2v) is 16.0. The van der Waals surface area contributed by atoms with Crippen LogP contribution in [0.2, 0.25) is 0 Å². The highest BCUT2D eigenvalue weighted by Gasteiger charge is 2.37. The lowest BCUT2D eigenvalue weighted by Crippen LogP contribution is -2.15. The third kappa shape index (κ3) is 5.02. The number of fused-ring (bicyclic) bond motifs is 8. The van der Waals surface area contributed by atoms with Crippen LogP contribution in [0.3, 0.4) is 0 Å². The summed E-state index contributed by atoms with van der Waals surface area (Å²) in [5.74, 6) is 2.98. The molecule has 0 radical (unpaired) electrons. The van der Waals surface area contributed by atoms with Gasteiger partial charge in [0.2, 0.25) is 0 Å². The molecule has 0 unspecified atom stereocenters. The van der Waals surface area contributed by atoms with Crippen molar-refractivity contribution in [2.75, 3.05) is 4.90 Å². The molecule has 262 valence electrons. The van der Waals surface area contributed by atoms with Gasteiger partial charge < -0.3 is 14.4 Å². The van der Waals surface area contributed by atoms with Gasteiger partial charge >= 0.3 is 0 Å². The van der Waals surface area contributed by atoms with E-state index in [9.17, 15) is 0 Å². The predicted octanol–water partition coefficient (Wildman–Crippen LogP) is 15.1. The fourth-order valence-electron chi connectivity index (χ4n) is 8.65. The van der Waals surface area contributed by atoms with Gasteiger partial charge in [0, 0.05) is 42.5 Å². The van der Waals surface area contributed by atoms with Gasteiger partial charge in [-0.25, -0.2) is 0 Å². The third-order valence-corrected chi connectivity index (χ3v) is 12.4. The van der Waals surface area contributed by atoms with Gasteiger partial charge in [-0.05, 0) is 99.6 Å². The maximum Gasteiger partial charge on any atom is 0.177 e. The largest absolute Gasteiger partial charge is 0.449 e. The van der Waals surface area contributed by atoms with Gasteiger partial charge in [0.1, 0.15) is 0 Å². The van der Waals surface area contributed by atoms with Crippen LogP contribution in [0.4, 0.5) is 17.1 Å². The first kappa shape index (κ1) is 31.9. The summed E-state index contributed by atoms with van der Waals surface area (Å²) in [5, 5.41) is 2.47. The Morgan fingerprint density at radius 3 is 2.04 bits per heavy atom. The molecule has 3 nitrogen and oxygen atoms in total. The molecule has 2 aliphatic rings. The number of benzene rings is 8. The molecule has 0 atom stereocenters. The minimum atomic E-state index is -0.129. The van der Waals surface area contributed by atoms with Crippen LogP contribution in [-0.4, -0.2) is 0 Å². The molecule has 1 aromatic heterocycles. The molecule has 0 spiro atoms. The molecule has 0 saturated heterocycles. The summed E-state index contributed by atoms with van der Waals surface area (Å²) in [6, 6.07) is 62.8. The van der Waals surface area contributed by atoms with Gasteiger partial charge in [-0.1, -0.05) is 129 Å². The van der Waals surface area contributed by atoms with Crippen LogP contribution in [0.1, 0.15) is 25.0 Å². The number of nitrogens with zero attached hydrogens (tertiary/aromatic N) is 1. The summed E-state index contributed by atoms with van der Waals surface area (Å²) in [7, 11) is 0. The second-order valence-electron chi connectivity index (χ2n) is 14.9. The maximum absolute atomic E-state index is 6.81. The van der Waals surface area contributed by atoms with Crippen LogP contribution in [0.5, 0.6) is 23.0 Å². The summed E-state index contributed by atoms with van der Waals surface area (Å²) in [6.07, 6.45) is 0. The van der Waals surface area contributed by atoms with Gasteiger partial charge in [-0.3, -0.25) is 0 Å². The average molecular weight is 726 g/mol. The van der Waals surface area contributed by atoms with Crippen molar-refractivity contribution in [1.29, 1.82) is 0 Å². The van der Waals surface area contributed by atoms with Gasteiger partial charge in [-0.2, -0.15) is 0 Å². The van der Waals surface area contributed by atoms with Gasteiger partial charge in [0.05, 0.1) is 5.69 Å². The number of ether oxygens (including phenoxy) is 2. The molecule has 0 saturated carbocycles. The summed E-state index contributed by atoms with van der Waals surface area (Å²) >= 11 is 1.83. The number of anilines is 3. The molecule has 0 bridgehead atoms. The number of rotatable bonds is 5. The molecular formula is C51H35NO2S. The monoisotopic (exact) mass is 725 g/mol. The fraction of sp³-hybridized carbons (Fsp3) is 0.0588. The lowest BCUT2D eigenvalue weighted by Gasteiger charge is -2.27. The van der Waals surface area contributed by atoms with Crippen LogP contribution < -0.4 is 14.4 Å². The van der Waals surface area contributed by atoms with Crippen molar-refractivity contribution in [3.63, 3.8) is 0 Å². The van der Waals surface area contributed by atoms with Crippen molar-refractivity contribution in [3.8, 4) is 56.4 Å². The van der Waals surface area contributed by atoms with E-state index in [4.69, 9.17) is 9.47 Å². The summed E-state index contributed by atoms with van der Waals surface area (Å²) < 4.78 is 15.9. The minimum Gasteiger partial charge on any atom is -0.449 e. The van der Waals surface area contributed by atoms with Crippen LogP contribution in [0.25, 0.3) is 53.6 Å². The quantitative estimate of drug-likeness (QED) is 0.176. The summed E-state index contributed by atoms with van der Waals surface area (Å²) in [5.41, 5.74) is 12.8. The zero-order chi connectivity index (χ0) is 36.7. The SMILES string of the molecule is CC1(C)c2ccccc2-c2cc3c(cc21)Oc1c(cccc1-c1ccc2c(c1)sc1cccc(N(c4ccccc4)c4cccc(-c5ccccc5)c4)c12)O3. The standard InChI is InChI=1S/C51H35NO2S/c1-51(2)41-22-10-9-20-38(41)40-30-45-46(31-42(40)51)54-50-37(21-12-24-44(50)53-45)34-26-27-39-48(29-34)55-47-25-13-23-43(49(39)47)52(35-17-7-4-8-18-35)36-19-11-16-33(28-36)32-14-5-3-6-15-32/h3-31H,1-2H3. The minimum absolute atomic E-state index is 0.129. The Balaban J connectivity index is 1.01. The zero-order valence-corrected chi connectivity index (χ0v) is 31.2. The average Bonchev–Trinajstić information content (AvgIpc) is 3.71. The van der Waals surface area contributed by atoms with Crippen LogP contribution in [0, 0.1) is 0 Å². The number of hydrogen-bond acceptors (Lipinski definition) is 4. The zero-order valence-electron chi connectivity index (χ0n) is 30.4. The number of hydrogen-bond donors (Lipinski definition) is 0. The van der Waals surface area contributed by atoms with Crippen molar-refractivity contribution >= 4 is 48.6 Å². The highest BCUT2D eigenvalue weighted by molar-refractivity contribution is 7.26. The Labute approximate surface area is 324 Å². The molecule has 9 aromatic rings. The van der Waals surface area contributed by atoms with E-state index in [-0.39, 0.29) is 5.41 Å². The van der Waals surface area contributed by atoms with E-state index < -0.39 is 0 Å². The lowest BCUT2D eigenvalue weighted by molar-refractivity contribution is 0.360. The highest BCUT2D eigenvalue weighted by atomic mass is 32.1. The van der Waals surface area contributed by atoms with Gasteiger partial charge in [-0.15, -0.1) is 11.3 Å². The van der Waals surface area contributed by atoms with Crippen LogP contribution >= 0.6 is 11.3 Å². The number of thiophene rings is 1. The first-order valence-electron chi connectivity index (χ1n) is 18.7. The third-order valence-electron chi connectivity index (χ3n) is 11.3. The van der Waals surface area contributed by atoms with Crippen LogP contribution in [0.15, 0.2) is 176 Å². The van der Waals surface area contributed by atoms with E-state index in [0.717, 1.165) is 51.2 Å². The van der Waals surface area contributed by atoms with E-state index >= 15 is 0 Å². The molecule has 0 amide bonds. The van der Waals surface area contributed by atoms with Gasteiger partial charge in [0.25, 0.3) is 0 Å². The Bertz CT molecular complexity index is 2960.